The Labute approximate surface area is 83.8 Å². The first-order valence-electron chi connectivity index (χ1n) is 4.53. The average molecular weight is 205 g/mol. The summed E-state index contributed by atoms with van der Waals surface area (Å²) in [5.74, 6) is -0.354. The number of carbonyl (C=O) groups excluding carboxylic acids is 1. The highest BCUT2D eigenvalue weighted by molar-refractivity contribution is 5.76. The lowest BCUT2D eigenvalue weighted by atomic mass is 9.81. The maximum Gasteiger partial charge on any atom is 0.222 e. The lowest BCUT2D eigenvalue weighted by Gasteiger charge is -2.37. The molecule has 0 saturated carbocycles. The Morgan fingerprint density at radius 3 is 2.14 bits per heavy atom. The Balaban J connectivity index is 4.50. The maximum absolute atomic E-state index is 11.0. The van der Waals surface area contributed by atoms with Gasteiger partial charge in [0.15, 0.2) is 0 Å². The van der Waals surface area contributed by atoms with Gasteiger partial charge in [0, 0.05) is 20.1 Å². The molecule has 2 atom stereocenters. The van der Waals surface area contributed by atoms with Gasteiger partial charge in [-0.2, -0.15) is 0 Å². The van der Waals surface area contributed by atoms with Gasteiger partial charge in [-0.25, -0.2) is 0 Å². The summed E-state index contributed by atoms with van der Waals surface area (Å²) < 4.78 is 0. The van der Waals surface area contributed by atoms with Crippen molar-refractivity contribution >= 4 is 5.91 Å². The molecule has 0 heterocycles. The molecule has 0 aromatic carbocycles. The van der Waals surface area contributed by atoms with Gasteiger partial charge in [-0.15, -0.1) is 0 Å². The first kappa shape index (κ1) is 13.4. The molecular weight excluding hydrogens is 186 g/mol. The average Bonchev–Trinajstić information content (AvgIpc) is 2.03. The Bertz CT molecular complexity index is 201. The van der Waals surface area contributed by atoms with E-state index in [1.54, 1.807) is 0 Å². The van der Waals surface area contributed by atoms with Gasteiger partial charge in [-0.1, -0.05) is 0 Å². The van der Waals surface area contributed by atoms with Crippen LogP contribution in [0.2, 0.25) is 0 Å². The third kappa shape index (κ3) is 3.25. The van der Waals surface area contributed by atoms with Crippen molar-refractivity contribution in [2.75, 3.05) is 13.7 Å². The summed E-state index contributed by atoms with van der Waals surface area (Å²) in [4.78, 5) is 11.0. The summed E-state index contributed by atoms with van der Waals surface area (Å²) in [6.07, 6.45) is -0.173. The van der Waals surface area contributed by atoms with E-state index in [0.29, 0.717) is 0 Å². The predicted octanol–water partition coefficient (Wildman–Crippen LogP) is -0.993. The standard InChI is InChI=1S/C9H19NO4/c1-8(13,4-5-11)9(2,14)6-7(12)10-3/h11,13-14H,4-6H2,1-3H3,(H,10,12). The van der Waals surface area contributed by atoms with Crippen LogP contribution in [0.3, 0.4) is 0 Å². The van der Waals surface area contributed by atoms with Gasteiger partial charge in [0.2, 0.25) is 5.91 Å². The molecule has 0 radical (unpaired) electrons. The Kier molecular flexibility index (Phi) is 4.51. The molecule has 0 aromatic heterocycles. The van der Waals surface area contributed by atoms with E-state index in [9.17, 15) is 15.0 Å². The number of rotatable bonds is 5. The summed E-state index contributed by atoms with van der Waals surface area (Å²) in [7, 11) is 1.46. The summed E-state index contributed by atoms with van der Waals surface area (Å²) in [6, 6.07) is 0. The molecule has 4 N–H and O–H groups in total. The molecule has 14 heavy (non-hydrogen) atoms. The third-order valence-corrected chi connectivity index (χ3v) is 2.54. The number of aliphatic hydroxyl groups excluding tert-OH is 1. The van der Waals surface area contributed by atoms with Crippen molar-refractivity contribution in [1.29, 1.82) is 0 Å². The van der Waals surface area contributed by atoms with Crippen LogP contribution in [0.15, 0.2) is 0 Å². The lowest BCUT2D eigenvalue weighted by molar-refractivity contribution is -0.155. The van der Waals surface area contributed by atoms with Gasteiger partial charge in [-0.3, -0.25) is 4.79 Å². The Morgan fingerprint density at radius 1 is 1.29 bits per heavy atom. The van der Waals surface area contributed by atoms with Gasteiger partial charge in [0.05, 0.1) is 17.6 Å². The lowest BCUT2D eigenvalue weighted by Crippen LogP contribution is -2.52. The molecule has 5 heteroatoms. The highest BCUT2D eigenvalue weighted by atomic mass is 16.4. The van der Waals surface area contributed by atoms with Gasteiger partial charge in [0.25, 0.3) is 0 Å². The maximum atomic E-state index is 11.0. The smallest absolute Gasteiger partial charge is 0.222 e. The molecule has 0 aliphatic rings. The van der Waals surface area contributed by atoms with Crippen LogP contribution in [0.5, 0.6) is 0 Å². The van der Waals surface area contributed by atoms with Gasteiger partial charge < -0.3 is 20.6 Å². The van der Waals surface area contributed by atoms with E-state index in [-0.39, 0.29) is 25.4 Å². The van der Waals surface area contributed by atoms with E-state index in [0.717, 1.165) is 0 Å². The molecule has 0 aromatic rings. The van der Waals surface area contributed by atoms with Crippen LogP contribution < -0.4 is 5.32 Å². The van der Waals surface area contributed by atoms with E-state index in [1.165, 1.54) is 20.9 Å². The molecule has 0 aliphatic heterocycles. The highest BCUT2D eigenvalue weighted by Crippen LogP contribution is 2.28. The zero-order chi connectivity index (χ0) is 11.4. The van der Waals surface area contributed by atoms with Crippen LogP contribution in [0.25, 0.3) is 0 Å². The molecule has 0 saturated heterocycles. The van der Waals surface area contributed by atoms with Crippen LogP contribution in [0, 0.1) is 0 Å². The highest BCUT2D eigenvalue weighted by Gasteiger charge is 2.42. The van der Waals surface area contributed by atoms with Crippen LogP contribution in [-0.2, 0) is 4.79 Å². The number of amides is 1. The quantitative estimate of drug-likeness (QED) is 0.464. The molecule has 0 rings (SSSR count). The van der Waals surface area contributed by atoms with Crippen molar-refractivity contribution in [2.45, 2.75) is 37.9 Å². The normalized spacial score (nSPS) is 19.6. The second-order valence-electron chi connectivity index (χ2n) is 3.87. The molecule has 84 valence electrons. The summed E-state index contributed by atoms with van der Waals surface area (Å²) >= 11 is 0. The minimum absolute atomic E-state index is 0.0248. The first-order valence-corrected chi connectivity index (χ1v) is 4.53. The fourth-order valence-corrected chi connectivity index (χ4v) is 1.08. The van der Waals surface area contributed by atoms with Crippen molar-refractivity contribution in [2.24, 2.45) is 0 Å². The molecule has 0 spiro atoms. The van der Waals surface area contributed by atoms with Crippen LogP contribution in [0.4, 0.5) is 0 Å². The third-order valence-electron chi connectivity index (χ3n) is 2.54. The van der Waals surface area contributed by atoms with E-state index in [1.807, 2.05) is 0 Å². The zero-order valence-electron chi connectivity index (χ0n) is 8.87. The molecule has 0 bridgehead atoms. The van der Waals surface area contributed by atoms with Crippen molar-refractivity contribution in [3.8, 4) is 0 Å². The topological polar surface area (TPSA) is 89.8 Å². The Hall–Kier alpha value is -0.650. The van der Waals surface area contributed by atoms with Gasteiger partial charge in [-0.05, 0) is 13.8 Å². The first-order chi connectivity index (χ1) is 6.27. The number of aliphatic hydroxyl groups is 3. The fraction of sp³-hybridized carbons (Fsp3) is 0.889. The molecule has 2 unspecified atom stereocenters. The van der Waals surface area contributed by atoms with Gasteiger partial charge >= 0.3 is 0 Å². The van der Waals surface area contributed by atoms with Crippen molar-refractivity contribution in [3.63, 3.8) is 0 Å². The largest absolute Gasteiger partial charge is 0.396 e. The summed E-state index contributed by atoms with van der Waals surface area (Å²) in [6.45, 7) is 2.53. The monoisotopic (exact) mass is 205 g/mol. The molecule has 0 aliphatic carbocycles. The van der Waals surface area contributed by atoms with Crippen LogP contribution in [-0.4, -0.2) is 46.1 Å². The fourth-order valence-electron chi connectivity index (χ4n) is 1.08. The Morgan fingerprint density at radius 2 is 1.79 bits per heavy atom. The number of hydrogen-bond donors (Lipinski definition) is 4. The van der Waals surface area contributed by atoms with Crippen LogP contribution >= 0.6 is 0 Å². The van der Waals surface area contributed by atoms with E-state index < -0.39 is 11.2 Å². The number of hydrogen-bond acceptors (Lipinski definition) is 4. The van der Waals surface area contributed by atoms with E-state index in [2.05, 4.69) is 5.32 Å². The molecule has 5 nitrogen and oxygen atoms in total. The summed E-state index contributed by atoms with van der Waals surface area (Å²) in [5, 5.41) is 30.7. The predicted molar refractivity (Wildman–Crippen MR) is 51.6 cm³/mol. The zero-order valence-corrected chi connectivity index (χ0v) is 8.87. The molecule has 0 fully saturated rings. The second-order valence-corrected chi connectivity index (χ2v) is 3.87. The molecular formula is C9H19NO4. The SMILES string of the molecule is CNC(=O)CC(C)(O)C(C)(O)CCO. The minimum Gasteiger partial charge on any atom is -0.396 e. The minimum atomic E-state index is -1.55. The van der Waals surface area contributed by atoms with E-state index in [4.69, 9.17) is 5.11 Å². The van der Waals surface area contributed by atoms with Crippen molar-refractivity contribution in [3.05, 3.63) is 0 Å². The van der Waals surface area contributed by atoms with Gasteiger partial charge in [0.1, 0.15) is 0 Å². The number of nitrogens with one attached hydrogen (secondary N) is 1. The van der Waals surface area contributed by atoms with Crippen molar-refractivity contribution < 1.29 is 20.1 Å². The molecule has 1 amide bonds. The van der Waals surface area contributed by atoms with Crippen molar-refractivity contribution in [1.82, 2.24) is 5.32 Å². The second kappa shape index (κ2) is 4.72. The van der Waals surface area contributed by atoms with E-state index >= 15 is 0 Å². The summed E-state index contributed by atoms with van der Waals surface area (Å²) in [5.41, 5.74) is -3.02. The number of carbonyl (C=O) groups is 1. The van der Waals surface area contributed by atoms with Crippen LogP contribution in [0.1, 0.15) is 26.7 Å².